The maximum atomic E-state index is 5.27. The van der Waals surface area contributed by atoms with Gasteiger partial charge in [-0.05, 0) is 42.2 Å². The fraction of sp³-hybridized carbons (Fsp3) is 0.250. The van der Waals surface area contributed by atoms with E-state index in [1.165, 1.54) is 11.1 Å². The Morgan fingerprint density at radius 2 is 1.84 bits per heavy atom. The third-order valence-electron chi connectivity index (χ3n) is 3.08. The molecule has 1 unspecified atom stereocenters. The minimum Gasteiger partial charge on any atom is -0.497 e. The van der Waals surface area contributed by atoms with Gasteiger partial charge in [0.1, 0.15) is 5.75 Å². The lowest BCUT2D eigenvalue weighted by Gasteiger charge is -2.12. The highest BCUT2D eigenvalue weighted by atomic mass is 79.9. The third kappa shape index (κ3) is 4.08. The normalized spacial score (nSPS) is 12.2. The largest absolute Gasteiger partial charge is 0.497 e. The van der Waals surface area contributed by atoms with Crippen molar-refractivity contribution in [3.05, 3.63) is 64.1 Å². The van der Waals surface area contributed by atoms with Crippen molar-refractivity contribution in [2.24, 2.45) is 0 Å². The van der Waals surface area contributed by atoms with Crippen molar-refractivity contribution in [3.63, 3.8) is 0 Å². The van der Waals surface area contributed by atoms with Gasteiger partial charge in [-0.3, -0.25) is 0 Å². The smallest absolute Gasteiger partial charge is 0.119 e. The first-order chi connectivity index (χ1) is 9.20. The highest BCUT2D eigenvalue weighted by Crippen LogP contribution is 2.30. The van der Waals surface area contributed by atoms with E-state index < -0.39 is 0 Å². The van der Waals surface area contributed by atoms with Gasteiger partial charge in [0.25, 0.3) is 0 Å². The molecule has 0 fully saturated rings. The number of hydrogen-bond donors (Lipinski definition) is 0. The number of alkyl halides is 1. The molecule has 0 aliphatic carbocycles. The summed E-state index contributed by atoms with van der Waals surface area (Å²) >= 11 is 7.35. The first-order valence-corrected chi connectivity index (χ1v) is 7.93. The van der Waals surface area contributed by atoms with Crippen LogP contribution in [-0.4, -0.2) is 7.11 Å². The molecule has 1 atom stereocenters. The monoisotopic (exact) mass is 382 g/mol. The van der Waals surface area contributed by atoms with Crippen LogP contribution in [0.4, 0.5) is 0 Å². The summed E-state index contributed by atoms with van der Waals surface area (Å²) in [7, 11) is 1.70. The summed E-state index contributed by atoms with van der Waals surface area (Å²) in [5.74, 6) is 0.907. The fourth-order valence-electron chi connectivity index (χ4n) is 1.98. The van der Waals surface area contributed by atoms with Crippen LogP contribution in [0, 0.1) is 0 Å². The van der Waals surface area contributed by atoms with Gasteiger partial charge in [0.15, 0.2) is 0 Å². The lowest BCUT2D eigenvalue weighted by Crippen LogP contribution is -1.95. The number of hydrogen-bond acceptors (Lipinski definition) is 1. The second kappa shape index (κ2) is 7.11. The summed E-state index contributed by atoms with van der Waals surface area (Å²) in [5.41, 5.74) is 2.60. The van der Waals surface area contributed by atoms with E-state index in [4.69, 9.17) is 4.74 Å². The van der Waals surface area contributed by atoms with Gasteiger partial charge in [-0.2, -0.15) is 0 Å². The number of ether oxygens (including phenoxy) is 1. The predicted octanol–water partition coefficient (Wildman–Crippen LogP) is 5.53. The van der Waals surface area contributed by atoms with E-state index in [0.29, 0.717) is 4.83 Å². The number of benzene rings is 2. The molecule has 2 aromatic rings. The molecule has 100 valence electrons. The van der Waals surface area contributed by atoms with E-state index in [1.54, 1.807) is 7.11 Å². The van der Waals surface area contributed by atoms with Gasteiger partial charge in [0, 0.05) is 9.30 Å². The molecule has 0 aliphatic rings. The lowest BCUT2D eigenvalue weighted by atomic mass is 10.0. The number of methoxy groups -OCH3 is 1. The summed E-state index contributed by atoms with van der Waals surface area (Å²) in [4.78, 5) is 0.381. The van der Waals surface area contributed by atoms with Gasteiger partial charge in [0.05, 0.1) is 7.11 Å². The van der Waals surface area contributed by atoms with Gasteiger partial charge in [-0.15, -0.1) is 0 Å². The molecule has 2 aromatic carbocycles. The Labute approximate surface area is 131 Å². The molecular formula is C16H16Br2O. The SMILES string of the molecule is COc1ccc(Br)c(CCC(Br)c2ccccc2)c1. The van der Waals surface area contributed by atoms with Crippen LogP contribution in [0.25, 0.3) is 0 Å². The molecule has 0 N–H and O–H groups in total. The summed E-state index contributed by atoms with van der Waals surface area (Å²) in [5, 5.41) is 0. The van der Waals surface area contributed by atoms with Crippen LogP contribution in [0.5, 0.6) is 5.75 Å². The Morgan fingerprint density at radius 1 is 1.11 bits per heavy atom. The maximum absolute atomic E-state index is 5.27. The lowest BCUT2D eigenvalue weighted by molar-refractivity contribution is 0.414. The van der Waals surface area contributed by atoms with Gasteiger partial charge in [-0.25, -0.2) is 0 Å². The second-order valence-electron chi connectivity index (χ2n) is 4.37. The van der Waals surface area contributed by atoms with Crippen molar-refractivity contribution in [2.45, 2.75) is 17.7 Å². The maximum Gasteiger partial charge on any atom is 0.119 e. The summed E-state index contributed by atoms with van der Waals surface area (Å²) in [6.45, 7) is 0. The van der Waals surface area contributed by atoms with Crippen LogP contribution in [-0.2, 0) is 6.42 Å². The molecular weight excluding hydrogens is 368 g/mol. The van der Waals surface area contributed by atoms with Crippen molar-refractivity contribution in [1.82, 2.24) is 0 Å². The molecule has 0 aliphatic heterocycles. The van der Waals surface area contributed by atoms with Crippen LogP contribution in [0.1, 0.15) is 22.4 Å². The van der Waals surface area contributed by atoms with Gasteiger partial charge in [0.2, 0.25) is 0 Å². The minimum absolute atomic E-state index is 0.381. The Kier molecular flexibility index (Phi) is 5.46. The first kappa shape index (κ1) is 14.6. The quantitative estimate of drug-likeness (QED) is 0.617. The Bertz CT molecular complexity index is 526. The number of halogens is 2. The highest BCUT2D eigenvalue weighted by Gasteiger charge is 2.09. The van der Waals surface area contributed by atoms with Crippen molar-refractivity contribution in [2.75, 3.05) is 7.11 Å². The molecule has 0 aromatic heterocycles. The second-order valence-corrected chi connectivity index (χ2v) is 6.33. The van der Waals surface area contributed by atoms with E-state index in [1.807, 2.05) is 18.2 Å². The Morgan fingerprint density at radius 3 is 2.53 bits per heavy atom. The fourth-order valence-corrected chi connectivity index (χ4v) is 2.96. The number of rotatable bonds is 5. The van der Waals surface area contributed by atoms with Crippen LogP contribution >= 0.6 is 31.9 Å². The van der Waals surface area contributed by atoms with Gasteiger partial charge < -0.3 is 4.74 Å². The van der Waals surface area contributed by atoms with E-state index in [0.717, 1.165) is 23.1 Å². The molecule has 0 spiro atoms. The van der Waals surface area contributed by atoms with Gasteiger partial charge >= 0.3 is 0 Å². The highest BCUT2D eigenvalue weighted by molar-refractivity contribution is 9.10. The standard InChI is InChI=1S/C16H16Br2O/c1-19-14-8-10-16(18)13(11-14)7-9-15(17)12-5-3-2-4-6-12/h2-6,8,10-11,15H,7,9H2,1H3. The molecule has 0 saturated carbocycles. The van der Waals surface area contributed by atoms with E-state index in [9.17, 15) is 0 Å². The Hall–Kier alpha value is -0.800. The zero-order chi connectivity index (χ0) is 13.7. The molecule has 2 rings (SSSR count). The number of aryl methyl sites for hydroxylation is 1. The Balaban J connectivity index is 2.02. The summed E-state index contributed by atoms with van der Waals surface area (Å²) in [6, 6.07) is 16.6. The van der Waals surface area contributed by atoms with E-state index in [2.05, 4.69) is 62.2 Å². The minimum atomic E-state index is 0.381. The molecule has 0 bridgehead atoms. The molecule has 19 heavy (non-hydrogen) atoms. The predicted molar refractivity (Wildman–Crippen MR) is 87.1 cm³/mol. The molecule has 0 radical (unpaired) electrons. The van der Waals surface area contributed by atoms with E-state index in [-0.39, 0.29) is 0 Å². The molecule has 1 nitrogen and oxygen atoms in total. The van der Waals surface area contributed by atoms with Crippen LogP contribution in [0.2, 0.25) is 0 Å². The van der Waals surface area contributed by atoms with Gasteiger partial charge in [-0.1, -0.05) is 62.2 Å². The van der Waals surface area contributed by atoms with Crippen molar-refractivity contribution in [1.29, 1.82) is 0 Å². The third-order valence-corrected chi connectivity index (χ3v) is 4.84. The van der Waals surface area contributed by atoms with Crippen molar-refractivity contribution in [3.8, 4) is 5.75 Å². The van der Waals surface area contributed by atoms with Crippen molar-refractivity contribution < 1.29 is 4.74 Å². The zero-order valence-electron chi connectivity index (χ0n) is 10.8. The molecule has 0 heterocycles. The topological polar surface area (TPSA) is 9.23 Å². The zero-order valence-corrected chi connectivity index (χ0v) is 13.9. The molecule has 3 heteroatoms. The summed E-state index contributed by atoms with van der Waals surface area (Å²) in [6.07, 6.45) is 2.05. The van der Waals surface area contributed by atoms with Crippen LogP contribution in [0.15, 0.2) is 53.0 Å². The van der Waals surface area contributed by atoms with Crippen LogP contribution in [0.3, 0.4) is 0 Å². The average Bonchev–Trinajstić information content (AvgIpc) is 2.47. The van der Waals surface area contributed by atoms with E-state index >= 15 is 0 Å². The average molecular weight is 384 g/mol. The van der Waals surface area contributed by atoms with Crippen molar-refractivity contribution >= 4 is 31.9 Å². The molecule has 0 saturated heterocycles. The first-order valence-electron chi connectivity index (χ1n) is 6.22. The van der Waals surface area contributed by atoms with Crippen LogP contribution < -0.4 is 4.74 Å². The molecule has 0 amide bonds. The summed E-state index contributed by atoms with van der Waals surface area (Å²) < 4.78 is 6.41.